The molecule has 2 aromatic carbocycles. The molecule has 2 unspecified atom stereocenters. The molecule has 2 atom stereocenters. The Hall–Kier alpha value is -2.92. The second-order valence-corrected chi connectivity index (χ2v) is 10.8. The number of amides is 1. The SMILES string of the molecule is Cc1ccccc1C1CN(Cc2cccn2C)CC1CN(C(=O)c1ccc(F)cc1)C1CCCCC1. The van der Waals surface area contributed by atoms with E-state index in [4.69, 9.17) is 0 Å². The van der Waals surface area contributed by atoms with Gasteiger partial charge in [0.2, 0.25) is 0 Å². The Balaban J connectivity index is 1.43. The third-order valence-electron chi connectivity index (χ3n) is 8.34. The fourth-order valence-electron chi connectivity index (χ4n) is 6.32. The minimum Gasteiger partial charge on any atom is -0.353 e. The number of halogens is 1. The topological polar surface area (TPSA) is 28.5 Å². The highest BCUT2D eigenvalue weighted by Crippen LogP contribution is 2.37. The lowest BCUT2D eigenvalue weighted by Gasteiger charge is -2.37. The Bertz CT molecular complexity index is 1160. The van der Waals surface area contributed by atoms with Crippen molar-refractivity contribution in [2.24, 2.45) is 13.0 Å². The second-order valence-electron chi connectivity index (χ2n) is 10.8. The van der Waals surface area contributed by atoms with Gasteiger partial charge in [0.25, 0.3) is 5.91 Å². The molecule has 1 saturated heterocycles. The van der Waals surface area contributed by atoms with Crippen LogP contribution in [0.4, 0.5) is 4.39 Å². The lowest BCUT2D eigenvalue weighted by Crippen LogP contribution is -2.45. The average Bonchev–Trinajstić information content (AvgIpc) is 3.49. The number of hydrogen-bond acceptors (Lipinski definition) is 2. The molecule has 1 aromatic heterocycles. The number of nitrogens with zero attached hydrogens (tertiary/aromatic N) is 3. The molecule has 1 saturated carbocycles. The number of carbonyl (C=O) groups is 1. The maximum Gasteiger partial charge on any atom is 0.254 e. The van der Waals surface area contributed by atoms with Crippen molar-refractivity contribution in [3.63, 3.8) is 0 Å². The fourth-order valence-corrected chi connectivity index (χ4v) is 6.32. The molecule has 2 aliphatic rings. The average molecular weight is 488 g/mol. The van der Waals surface area contributed by atoms with Gasteiger partial charge in [-0.25, -0.2) is 4.39 Å². The summed E-state index contributed by atoms with van der Waals surface area (Å²) in [5.74, 6) is 0.463. The monoisotopic (exact) mass is 487 g/mol. The molecule has 5 rings (SSSR count). The van der Waals surface area contributed by atoms with Crippen LogP contribution in [-0.2, 0) is 13.6 Å². The first-order valence-electron chi connectivity index (χ1n) is 13.4. The molecule has 0 radical (unpaired) electrons. The first-order chi connectivity index (χ1) is 17.5. The van der Waals surface area contributed by atoms with Crippen molar-refractivity contribution in [2.75, 3.05) is 19.6 Å². The summed E-state index contributed by atoms with van der Waals surface area (Å²) in [4.78, 5) is 18.5. The number of rotatable bonds is 7. The zero-order valence-electron chi connectivity index (χ0n) is 21.6. The molecule has 2 heterocycles. The number of benzene rings is 2. The molecule has 0 spiro atoms. The van der Waals surface area contributed by atoms with Crippen LogP contribution >= 0.6 is 0 Å². The van der Waals surface area contributed by atoms with E-state index in [0.29, 0.717) is 17.4 Å². The highest BCUT2D eigenvalue weighted by molar-refractivity contribution is 5.94. The number of hydrogen-bond donors (Lipinski definition) is 0. The van der Waals surface area contributed by atoms with E-state index in [2.05, 4.69) is 70.9 Å². The van der Waals surface area contributed by atoms with Gasteiger partial charge in [0.1, 0.15) is 5.82 Å². The van der Waals surface area contributed by atoms with Crippen LogP contribution in [0.3, 0.4) is 0 Å². The molecule has 0 bridgehead atoms. The Morgan fingerprint density at radius 2 is 1.72 bits per heavy atom. The number of carbonyl (C=O) groups excluding carboxylic acids is 1. The minimum atomic E-state index is -0.303. The summed E-state index contributed by atoms with van der Waals surface area (Å²) in [6.45, 7) is 5.81. The first-order valence-corrected chi connectivity index (χ1v) is 13.4. The summed E-state index contributed by atoms with van der Waals surface area (Å²) in [6.07, 6.45) is 7.80. The summed E-state index contributed by atoms with van der Waals surface area (Å²) in [7, 11) is 2.11. The van der Waals surface area contributed by atoms with Gasteiger partial charge in [-0.15, -0.1) is 0 Å². The number of likely N-dealkylation sites (tertiary alicyclic amines) is 1. The van der Waals surface area contributed by atoms with Crippen molar-refractivity contribution in [1.29, 1.82) is 0 Å². The van der Waals surface area contributed by atoms with Gasteiger partial charge >= 0.3 is 0 Å². The Kier molecular flexibility index (Phi) is 7.56. The number of aromatic nitrogens is 1. The molecule has 190 valence electrons. The van der Waals surface area contributed by atoms with Gasteiger partial charge < -0.3 is 9.47 Å². The van der Waals surface area contributed by atoms with E-state index < -0.39 is 0 Å². The normalized spacial score (nSPS) is 21.1. The maximum absolute atomic E-state index is 13.8. The lowest BCUT2D eigenvalue weighted by molar-refractivity contribution is 0.0587. The molecule has 4 nitrogen and oxygen atoms in total. The number of aryl methyl sites for hydroxylation is 2. The molecular formula is C31H38FN3O. The van der Waals surface area contributed by atoms with Crippen LogP contribution in [0.15, 0.2) is 66.9 Å². The van der Waals surface area contributed by atoms with Crippen molar-refractivity contribution >= 4 is 5.91 Å². The standard InChI is InChI=1S/C31H38FN3O/c1-23-9-6-7-13-29(23)30-22-34(21-28-12-8-18-33(28)2)19-25(30)20-35(27-10-4-3-5-11-27)31(36)24-14-16-26(32)17-15-24/h6-9,12-18,25,27,30H,3-5,10-11,19-22H2,1-2H3. The molecule has 5 heteroatoms. The van der Waals surface area contributed by atoms with Crippen molar-refractivity contribution in [3.8, 4) is 0 Å². The summed E-state index contributed by atoms with van der Waals surface area (Å²) in [5.41, 5.74) is 4.62. The van der Waals surface area contributed by atoms with Crippen LogP contribution < -0.4 is 0 Å². The highest BCUT2D eigenvalue weighted by Gasteiger charge is 2.38. The third kappa shape index (κ3) is 5.41. The van der Waals surface area contributed by atoms with E-state index in [1.54, 1.807) is 12.1 Å². The maximum atomic E-state index is 13.8. The summed E-state index contributed by atoms with van der Waals surface area (Å²) in [5, 5.41) is 0. The molecule has 36 heavy (non-hydrogen) atoms. The van der Waals surface area contributed by atoms with Crippen molar-refractivity contribution in [3.05, 3.63) is 95.1 Å². The van der Waals surface area contributed by atoms with Gasteiger partial charge in [-0.1, -0.05) is 43.5 Å². The minimum absolute atomic E-state index is 0.0475. The smallest absolute Gasteiger partial charge is 0.254 e. The Morgan fingerprint density at radius 3 is 2.42 bits per heavy atom. The molecule has 2 fully saturated rings. The van der Waals surface area contributed by atoms with Crippen molar-refractivity contribution in [1.82, 2.24) is 14.4 Å². The first kappa shape index (κ1) is 24.8. The molecular weight excluding hydrogens is 449 g/mol. The Morgan fingerprint density at radius 1 is 0.972 bits per heavy atom. The van der Waals surface area contributed by atoms with E-state index in [1.165, 1.54) is 48.2 Å². The van der Waals surface area contributed by atoms with Gasteiger partial charge in [0.15, 0.2) is 0 Å². The summed E-state index contributed by atoms with van der Waals surface area (Å²) < 4.78 is 15.8. The van der Waals surface area contributed by atoms with Crippen LogP contribution in [0.1, 0.15) is 65.2 Å². The van der Waals surface area contributed by atoms with Crippen molar-refractivity contribution in [2.45, 2.75) is 57.5 Å². The van der Waals surface area contributed by atoms with Crippen LogP contribution in [0.25, 0.3) is 0 Å². The summed E-state index contributed by atoms with van der Waals surface area (Å²) in [6, 6.07) is 19.4. The lowest BCUT2D eigenvalue weighted by atomic mass is 9.85. The molecule has 1 aliphatic carbocycles. The van der Waals surface area contributed by atoms with Crippen LogP contribution in [0, 0.1) is 18.7 Å². The molecule has 1 amide bonds. The Labute approximate surface area is 214 Å². The fraction of sp³-hybridized carbons (Fsp3) is 0.452. The van der Waals surface area contributed by atoms with Gasteiger partial charge in [0.05, 0.1) is 0 Å². The quantitative estimate of drug-likeness (QED) is 0.399. The van der Waals surface area contributed by atoms with Gasteiger partial charge in [-0.05, 0) is 73.2 Å². The van der Waals surface area contributed by atoms with E-state index >= 15 is 0 Å². The second kappa shape index (κ2) is 11.0. The van der Waals surface area contributed by atoms with E-state index in [-0.39, 0.29) is 17.8 Å². The zero-order chi connectivity index (χ0) is 25.1. The predicted molar refractivity (Wildman–Crippen MR) is 142 cm³/mol. The van der Waals surface area contributed by atoms with Crippen LogP contribution in [0.5, 0.6) is 0 Å². The third-order valence-corrected chi connectivity index (χ3v) is 8.34. The summed E-state index contributed by atoms with van der Waals surface area (Å²) >= 11 is 0. The highest BCUT2D eigenvalue weighted by atomic mass is 19.1. The zero-order valence-corrected chi connectivity index (χ0v) is 21.6. The van der Waals surface area contributed by atoms with E-state index in [9.17, 15) is 9.18 Å². The molecule has 1 aliphatic heterocycles. The van der Waals surface area contributed by atoms with Gasteiger partial charge in [-0.3, -0.25) is 9.69 Å². The van der Waals surface area contributed by atoms with Crippen molar-refractivity contribution < 1.29 is 9.18 Å². The van der Waals surface area contributed by atoms with Crippen LogP contribution in [0.2, 0.25) is 0 Å². The van der Waals surface area contributed by atoms with E-state index in [0.717, 1.165) is 39.0 Å². The van der Waals surface area contributed by atoms with E-state index in [1.807, 2.05) is 0 Å². The van der Waals surface area contributed by atoms with Gasteiger partial charge in [-0.2, -0.15) is 0 Å². The molecule has 0 N–H and O–H groups in total. The van der Waals surface area contributed by atoms with Crippen LogP contribution in [-0.4, -0.2) is 46.0 Å². The largest absolute Gasteiger partial charge is 0.353 e. The predicted octanol–water partition coefficient (Wildman–Crippen LogP) is 6.16. The molecule has 3 aromatic rings. The van der Waals surface area contributed by atoms with Gasteiger partial charge in [0, 0.05) is 62.6 Å².